The minimum absolute atomic E-state index is 0.0182. The topological polar surface area (TPSA) is 116 Å². The van der Waals surface area contributed by atoms with E-state index in [2.05, 4.69) is 15.2 Å². The van der Waals surface area contributed by atoms with Gasteiger partial charge >= 0.3 is 6.09 Å². The molecule has 0 aliphatic carbocycles. The summed E-state index contributed by atoms with van der Waals surface area (Å²) in [5.74, 6) is -0.198. The smallest absolute Gasteiger partial charge is 0.416 e. The summed E-state index contributed by atoms with van der Waals surface area (Å²) in [5, 5.41) is 8.18. The van der Waals surface area contributed by atoms with Crippen LogP contribution in [0.1, 0.15) is 36.1 Å². The number of morpholine rings is 1. The van der Waals surface area contributed by atoms with Gasteiger partial charge in [-0.25, -0.2) is 19.1 Å². The molecule has 2 aromatic heterocycles. The van der Waals surface area contributed by atoms with Crippen LogP contribution >= 0.6 is 0 Å². The largest absolute Gasteiger partial charge is 0.446 e. The molecule has 32 heavy (non-hydrogen) atoms. The highest BCUT2D eigenvalue weighted by atomic mass is 19.1. The zero-order valence-corrected chi connectivity index (χ0v) is 17.7. The fourth-order valence-electron chi connectivity index (χ4n) is 4.43. The Kier molecular flexibility index (Phi) is 4.81. The van der Waals surface area contributed by atoms with E-state index in [0.717, 1.165) is 0 Å². The zero-order chi connectivity index (χ0) is 22.6. The van der Waals surface area contributed by atoms with E-state index in [1.165, 1.54) is 22.0 Å². The Bertz CT molecular complexity index is 1200. The van der Waals surface area contributed by atoms with E-state index in [0.29, 0.717) is 25.2 Å². The van der Waals surface area contributed by atoms with E-state index in [1.807, 2.05) is 13.8 Å². The van der Waals surface area contributed by atoms with Gasteiger partial charge in [0.1, 0.15) is 19.0 Å². The van der Waals surface area contributed by atoms with Crippen molar-refractivity contribution in [1.29, 1.82) is 0 Å². The highest BCUT2D eigenvalue weighted by Gasteiger charge is 2.41. The number of cyclic esters (lactones) is 1. The molecular weight excluding hydrogens is 423 g/mol. The number of aldehydes is 1. The number of ether oxygens (including phenoxy) is 2. The first kappa shape index (κ1) is 20.4. The van der Waals surface area contributed by atoms with Gasteiger partial charge in [0.25, 0.3) is 0 Å². The normalized spacial score (nSPS) is 23.8. The number of hydrogen-bond acceptors (Lipinski definition) is 9. The lowest BCUT2D eigenvalue weighted by Crippen LogP contribution is -2.46. The van der Waals surface area contributed by atoms with Crippen molar-refractivity contribution in [3.63, 3.8) is 0 Å². The van der Waals surface area contributed by atoms with Crippen molar-refractivity contribution >= 4 is 34.9 Å². The van der Waals surface area contributed by atoms with Crippen LogP contribution < -0.4 is 9.80 Å². The van der Waals surface area contributed by atoms with Crippen LogP contribution in [0.4, 0.5) is 20.7 Å². The van der Waals surface area contributed by atoms with Crippen molar-refractivity contribution in [3.05, 3.63) is 29.6 Å². The number of nitrogens with zero attached hydrogens (tertiary/aromatic N) is 6. The van der Waals surface area contributed by atoms with Crippen LogP contribution in [-0.4, -0.2) is 64.2 Å². The maximum Gasteiger partial charge on any atom is 0.416 e. The van der Waals surface area contributed by atoms with Gasteiger partial charge in [0, 0.05) is 25.7 Å². The van der Waals surface area contributed by atoms with Crippen LogP contribution in [-0.2, 0) is 16.5 Å². The lowest BCUT2D eigenvalue weighted by Gasteiger charge is -2.37. The van der Waals surface area contributed by atoms with Crippen LogP contribution in [0.5, 0.6) is 0 Å². The Morgan fingerprint density at radius 3 is 2.66 bits per heavy atom. The molecule has 3 aromatic rings. The van der Waals surface area contributed by atoms with Gasteiger partial charge in [0.05, 0.1) is 23.3 Å². The molecule has 168 valence electrons. The molecule has 0 spiro atoms. The third kappa shape index (κ3) is 3.09. The molecule has 1 aromatic carbocycles. The van der Waals surface area contributed by atoms with E-state index in [4.69, 9.17) is 14.0 Å². The summed E-state index contributed by atoms with van der Waals surface area (Å²) in [6.45, 7) is 4.63. The van der Waals surface area contributed by atoms with E-state index in [-0.39, 0.29) is 46.9 Å². The number of aryl methyl sites for hydroxylation is 1. The fourth-order valence-corrected chi connectivity index (χ4v) is 4.43. The second kappa shape index (κ2) is 7.55. The summed E-state index contributed by atoms with van der Waals surface area (Å²) < 4.78 is 33.4. The number of anilines is 2. The molecule has 0 radical (unpaired) electrons. The SMILES string of the molecule is C[C@@H]1CN(c2c(C=O)cc3c(N4C(=O)OC[C@@H]4c4ncnn4C)noc3c2F)C[C@@H](C)O1. The van der Waals surface area contributed by atoms with E-state index >= 15 is 4.39 Å². The average Bonchev–Trinajstić information content (AvgIpc) is 3.45. The van der Waals surface area contributed by atoms with Crippen LogP contribution in [0, 0.1) is 5.82 Å². The van der Waals surface area contributed by atoms with Gasteiger partial charge in [0.2, 0.25) is 5.58 Å². The first-order valence-corrected chi connectivity index (χ1v) is 10.2. The second-order valence-corrected chi connectivity index (χ2v) is 8.00. The van der Waals surface area contributed by atoms with Crippen molar-refractivity contribution in [2.75, 3.05) is 29.5 Å². The highest BCUT2D eigenvalue weighted by molar-refractivity contribution is 6.03. The first-order chi connectivity index (χ1) is 15.4. The number of aromatic nitrogens is 4. The van der Waals surface area contributed by atoms with Crippen molar-refractivity contribution in [3.8, 4) is 0 Å². The van der Waals surface area contributed by atoms with Gasteiger partial charge in [-0.3, -0.25) is 9.48 Å². The second-order valence-electron chi connectivity index (χ2n) is 8.00. The third-order valence-electron chi connectivity index (χ3n) is 5.70. The number of amides is 1. The van der Waals surface area contributed by atoms with Gasteiger partial charge in [0.15, 0.2) is 23.7 Å². The van der Waals surface area contributed by atoms with E-state index < -0.39 is 18.0 Å². The lowest BCUT2D eigenvalue weighted by molar-refractivity contribution is -0.00543. The fraction of sp³-hybridized carbons (Fsp3) is 0.450. The summed E-state index contributed by atoms with van der Waals surface area (Å²) in [6, 6.07) is 0.850. The van der Waals surface area contributed by atoms with E-state index in [9.17, 15) is 9.59 Å². The Morgan fingerprint density at radius 2 is 2.00 bits per heavy atom. The minimum atomic E-state index is -0.715. The van der Waals surface area contributed by atoms with Gasteiger partial charge in [-0.2, -0.15) is 5.10 Å². The highest BCUT2D eigenvalue weighted by Crippen LogP contribution is 2.40. The van der Waals surface area contributed by atoms with Crippen molar-refractivity contribution in [2.24, 2.45) is 7.05 Å². The molecule has 3 atom stereocenters. The van der Waals surface area contributed by atoms with Crippen molar-refractivity contribution in [1.82, 2.24) is 19.9 Å². The zero-order valence-electron chi connectivity index (χ0n) is 17.7. The van der Waals surface area contributed by atoms with Crippen LogP contribution in [0.2, 0.25) is 0 Å². The number of carbonyl (C=O) groups is 2. The number of fused-ring (bicyclic) bond motifs is 1. The molecule has 12 heteroatoms. The molecule has 11 nitrogen and oxygen atoms in total. The molecule has 2 saturated heterocycles. The third-order valence-corrected chi connectivity index (χ3v) is 5.70. The maximum atomic E-state index is 15.7. The van der Waals surface area contributed by atoms with Gasteiger partial charge < -0.3 is 18.9 Å². The minimum Gasteiger partial charge on any atom is -0.446 e. The Hall–Kier alpha value is -3.54. The number of rotatable bonds is 4. The molecule has 0 bridgehead atoms. The van der Waals surface area contributed by atoms with Crippen LogP contribution in [0.25, 0.3) is 11.0 Å². The maximum absolute atomic E-state index is 15.7. The predicted octanol–water partition coefficient (Wildman–Crippen LogP) is 2.22. The Labute approximate surface area is 181 Å². The summed E-state index contributed by atoms with van der Waals surface area (Å²) in [5.41, 5.74) is 0.110. The summed E-state index contributed by atoms with van der Waals surface area (Å²) in [6.07, 6.45) is 0.997. The van der Waals surface area contributed by atoms with Gasteiger partial charge in [-0.05, 0) is 19.9 Å². The van der Waals surface area contributed by atoms with Crippen LogP contribution in [0.3, 0.4) is 0 Å². The Balaban J connectivity index is 1.62. The molecule has 0 N–H and O–H groups in total. The lowest BCUT2D eigenvalue weighted by atomic mass is 10.1. The summed E-state index contributed by atoms with van der Waals surface area (Å²) >= 11 is 0. The monoisotopic (exact) mass is 444 g/mol. The molecule has 4 heterocycles. The molecule has 2 aliphatic heterocycles. The van der Waals surface area contributed by atoms with Gasteiger partial charge in [-0.1, -0.05) is 5.16 Å². The molecular formula is C20H21FN6O5. The van der Waals surface area contributed by atoms with Gasteiger partial charge in [-0.15, -0.1) is 0 Å². The van der Waals surface area contributed by atoms with Crippen molar-refractivity contribution < 1.29 is 28.0 Å². The molecule has 2 aliphatic rings. The molecule has 0 saturated carbocycles. The number of hydrogen-bond donors (Lipinski definition) is 0. The first-order valence-electron chi connectivity index (χ1n) is 10.2. The molecule has 2 fully saturated rings. The Morgan fingerprint density at radius 1 is 1.25 bits per heavy atom. The summed E-state index contributed by atoms with van der Waals surface area (Å²) in [7, 11) is 1.69. The predicted molar refractivity (Wildman–Crippen MR) is 109 cm³/mol. The summed E-state index contributed by atoms with van der Waals surface area (Å²) in [4.78, 5) is 31.7. The number of halogens is 1. The average molecular weight is 444 g/mol. The number of carbonyl (C=O) groups excluding carboxylic acids is 2. The molecule has 1 amide bonds. The van der Waals surface area contributed by atoms with E-state index in [1.54, 1.807) is 11.9 Å². The molecule has 5 rings (SSSR count). The van der Waals surface area contributed by atoms with Crippen molar-refractivity contribution in [2.45, 2.75) is 32.1 Å². The molecule has 0 unspecified atom stereocenters. The number of benzene rings is 1. The quantitative estimate of drug-likeness (QED) is 0.559. The standard InChI is InChI=1S/C20H21FN6O5/c1-10-5-26(6-11(2)31-10)16-12(7-28)4-13-17(15(16)21)32-24-18(13)27-14(8-30-20(27)29)19-22-9-23-25(19)3/h4,7,9-11,14H,5-6,8H2,1-3H3/t10-,11-,14-/m1/s1. The van der Waals surface area contributed by atoms with Crippen LogP contribution in [0.15, 0.2) is 16.9 Å².